The Morgan fingerprint density at radius 3 is 2.71 bits per heavy atom. The fraction of sp³-hybridized carbons (Fsp3) is 0.524. The first-order valence-electron chi connectivity index (χ1n) is 10.9. The number of thiazole rings is 1. The van der Waals surface area contributed by atoms with Gasteiger partial charge in [0.25, 0.3) is 11.8 Å². The van der Waals surface area contributed by atoms with Gasteiger partial charge in [0.2, 0.25) is 0 Å². The average molecular weight is 642 g/mol. The topological polar surface area (TPSA) is 126 Å². The Labute approximate surface area is 224 Å². The molecule has 1 aliphatic heterocycles. The van der Waals surface area contributed by atoms with E-state index in [0.717, 1.165) is 20.6 Å². The molecule has 14 heteroatoms. The summed E-state index contributed by atoms with van der Waals surface area (Å²) in [4.78, 5) is 47.0. The third-order valence-corrected chi connectivity index (χ3v) is 8.54. The van der Waals surface area contributed by atoms with E-state index in [1.165, 1.54) is 0 Å². The van der Waals surface area contributed by atoms with Crippen molar-refractivity contribution in [2.24, 2.45) is 0 Å². The van der Waals surface area contributed by atoms with Gasteiger partial charge in [-0.1, -0.05) is 22.9 Å². The van der Waals surface area contributed by atoms with E-state index in [-0.39, 0.29) is 41.8 Å². The van der Waals surface area contributed by atoms with Crippen molar-refractivity contribution < 1.29 is 28.2 Å². The lowest BCUT2D eigenvalue weighted by atomic mass is 10.0. The van der Waals surface area contributed by atoms with E-state index >= 15 is 0 Å². The van der Waals surface area contributed by atoms with Crippen LogP contribution in [0.5, 0.6) is 0 Å². The second-order valence-electron chi connectivity index (χ2n) is 7.68. The Bertz CT molecular complexity index is 1100. The van der Waals surface area contributed by atoms with E-state index in [1.807, 2.05) is 11.8 Å². The van der Waals surface area contributed by atoms with Crippen LogP contribution in [0.2, 0.25) is 5.02 Å². The first-order chi connectivity index (χ1) is 16.7. The minimum atomic E-state index is -0.737. The molecule has 2 atom stereocenters. The lowest BCUT2D eigenvalue weighted by Gasteiger charge is -2.37. The molecule has 192 valence electrons. The van der Waals surface area contributed by atoms with Crippen LogP contribution < -0.4 is 15.5 Å². The van der Waals surface area contributed by atoms with E-state index in [9.17, 15) is 18.8 Å². The van der Waals surface area contributed by atoms with Gasteiger partial charge in [0.15, 0.2) is 10.8 Å². The second-order valence-corrected chi connectivity index (χ2v) is 10.1. The van der Waals surface area contributed by atoms with Gasteiger partial charge < -0.3 is 30.0 Å². The second kappa shape index (κ2) is 12.3. The number of H-pyrrole nitrogens is 1. The number of aromatic amines is 1. The van der Waals surface area contributed by atoms with Gasteiger partial charge in [0.05, 0.1) is 27.3 Å². The Morgan fingerprint density at radius 1 is 1.37 bits per heavy atom. The van der Waals surface area contributed by atoms with E-state index in [0.29, 0.717) is 35.4 Å². The molecule has 0 aliphatic carbocycles. The summed E-state index contributed by atoms with van der Waals surface area (Å²) in [6, 6.07) is -0.294. The van der Waals surface area contributed by atoms with Gasteiger partial charge in [-0.25, -0.2) is 14.2 Å². The van der Waals surface area contributed by atoms with Gasteiger partial charge in [-0.05, 0) is 42.9 Å². The molecular weight excluding hydrogens is 616 g/mol. The van der Waals surface area contributed by atoms with Crippen LogP contribution in [0.4, 0.5) is 9.52 Å². The number of anilines is 1. The standard InChI is InChI=1S/C21H26ClFIN5O5S/c1-4-34-20(32)17-16(18(30)25-7-6-23)28-21(35-17)29-8-5-11(12(9-29)33-3)27-19(31)15-13(22)14(24)10(2)26-15/h11-12,26H,4-9H2,1-3H3,(H,25,30)(H,27,31)/t11-,12+/m1/s1. The number of carbonyl (C=O) groups excluding carboxylic acids is 3. The summed E-state index contributed by atoms with van der Waals surface area (Å²) in [6.45, 7) is 3.56. The normalized spacial score (nSPS) is 17.8. The first kappa shape index (κ1) is 27.6. The Hall–Kier alpha value is -1.97. The van der Waals surface area contributed by atoms with Crippen molar-refractivity contribution in [1.29, 1.82) is 0 Å². The predicted octanol–water partition coefficient (Wildman–Crippen LogP) is 2.94. The van der Waals surface area contributed by atoms with Crippen molar-refractivity contribution >= 4 is 68.4 Å². The number of hydrogen-bond acceptors (Lipinski definition) is 8. The van der Waals surface area contributed by atoms with Gasteiger partial charge in [-0.15, -0.1) is 0 Å². The van der Waals surface area contributed by atoms with Crippen molar-refractivity contribution in [2.75, 3.05) is 44.9 Å². The maximum absolute atomic E-state index is 12.8. The number of piperidine rings is 1. The Kier molecular flexibility index (Phi) is 9.72. The molecule has 0 saturated carbocycles. The van der Waals surface area contributed by atoms with Gasteiger partial charge >= 0.3 is 5.97 Å². The maximum Gasteiger partial charge on any atom is 0.350 e. The Balaban J connectivity index is 1.76. The smallest absolute Gasteiger partial charge is 0.350 e. The van der Waals surface area contributed by atoms with E-state index in [2.05, 4.69) is 43.2 Å². The molecule has 1 aliphatic rings. The van der Waals surface area contributed by atoms with Crippen molar-refractivity contribution in [3.63, 3.8) is 0 Å². The fourth-order valence-electron chi connectivity index (χ4n) is 3.64. The number of methoxy groups -OCH3 is 1. The summed E-state index contributed by atoms with van der Waals surface area (Å²) in [5.41, 5.74) is 1.01. The SMILES string of the molecule is CCOC(=O)c1sc(N2CC[C@@H](NC(=O)c3[nH]c(C)c(I)c3Cl)[C@@H](OC)C2)nc1C(=O)NCCF. The third kappa shape index (κ3) is 6.24. The van der Waals surface area contributed by atoms with Gasteiger partial charge in [-0.2, -0.15) is 0 Å². The lowest BCUT2D eigenvalue weighted by Crippen LogP contribution is -2.55. The molecule has 0 unspecified atom stereocenters. The number of halogens is 3. The molecule has 35 heavy (non-hydrogen) atoms. The number of ether oxygens (including phenoxy) is 2. The molecule has 3 N–H and O–H groups in total. The molecule has 0 radical (unpaired) electrons. The molecule has 1 saturated heterocycles. The molecule has 0 spiro atoms. The molecule has 2 aromatic rings. The maximum atomic E-state index is 12.8. The van der Waals surface area contributed by atoms with Crippen molar-refractivity contribution in [1.82, 2.24) is 20.6 Å². The highest BCUT2D eigenvalue weighted by Crippen LogP contribution is 2.31. The molecule has 0 aromatic carbocycles. The number of aromatic nitrogens is 2. The van der Waals surface area contributed by atoms with Crippen molar-refractivity contribution in [3.05, 3.63) is 30.6 Å². The van der Waals surface area contributed by atoms with Gasteiger partial charge in [-0.3, -0.25) is 9.59 Å². The number of hydrogen-bond donors (Lipinski definition) is 3. The minimum absolute atomic E-state index is 0.0500. The van der Waals surface area contributed by atoms with Crippen LogP contribution in [-0.4, -0.2) is 79.9 Å². The highest BCUT2D eigenvalue weighted by molar-refractivity contribution is 14.1. The van der Waals surface area contributed by atoms with Crippen molar-refractivity contribution in [3.8, 4) is 0 Å². The summed E-state index contributed by atoms with van der Waals surface area (Å²) in [5, 5.41) is 6.18. The van der Waals surface area contributed by atoms with E-state index in [1.54, 1.807) is 14.0 Å². The zero-order valence-electron chi connectivity index (χ0n) is 19.4. The molecule has 0 bridgehead atoms. The van der Waals surface area contributed by atoms with Crippen LogP contribution in [0.15, 0.2) is 0 Å². The minimum Gasteiger partial charge on any atom is -0.462 e. The number of nitrogens with zero attached hydrogens (tertiary/aromatic N) is 2. The highest BCUT2D eigenvalue weighted by Gasteiger charge is 2.34. The number of amides is 2. The van der Waals surface area contributed by atoms with Gasteiger partial charge in [0, 0.05) is 32.4 Å². The van der Waals surface area contributed by atoms with E-state index in [4.69, 9.17) is 21.1 Å². The van der Waals surface area contributed by atoms with Crippen LogP contribution in [0.25, 0.3) is 0 Å². The number of alkyl halides is 1. The molecule has 3 heterocycles. The summed E-state index contributed by atoms with van der Waals surface area (Å²) in [6.07, 6.45) is 0.136. The summed E-state index contributed by atoms with van der Waals surface area (Å²) < 4.78 is 24.0. The highest BCUT2D eigenvalue weighted by atomic mass is 127. The predicted molar refractivity (Wildman–Crippen MR) is 139 cm³/mol. The quantitative estimate of drug-likeness (QED) is 0.284. The zero-order valence-corrected chi connectivity index (χ0v) is 23.1. The number of aryl methyl sites for hydroxylation is 1. The van der Waals surface area contributed by atoms with Crippen LogP contribution in [-0.2, 0) is 9.47 Å². The number of nitrogens with one attached hydrogen (secondary N) is 3. The molecule has 10 nitrogen and oxygen atoms in total. The summed E-state index contributed by atoms with van der Waals surface area (Å²) in [5.74, 6) is -1.64. The lowest BCUT2D eigenvalue weighted by molar-refractivity contribution is 0.0527. The number of rotatable bonds is 9. The zero-order chi connectivity index (χ0) is 25.7. The Morgan fingerprint density at radius 2 is 2.11 bits per heavy atom. The molecule has 1 fully saturated rings. The van der Waals surface area contributed by atoms with Gasteiger partial charge in [0.1, 0.15) is 17.2 Å². The monoisotopic (exact) mass is 641 g/mol. The fourth-order valence-corrected chi connectivity index (χ4v) is 5.31. The van der Waals surface area contributed by atoms with Crippen LogP contribution in [0.3, 0.4) is 0 Å². The van der Waals surface area contributed by atoms with E-state index < -0.39 is 18.6 Å². The molecule has 2 aromatic heterocycles. The van der Waals surface area contributed by atoms with Crippen LogP contribution in [0.1, 0.15) is 49.7 Å². The number of carbonyl (C=O) groups is 3. The molecule has 2 amide bonds. The average Bonchev–Trinajstić information content (AvgIpc) is 3.40. The molecular formula is C21H26ClFIN5O5S. The number of esters is 1. The first-order valence-corrected chi connectivity index (χ1v) is 13.1. The van der Waals surface area contributed by atoms with Crippen LogP contribution in [0, 0.1) is 10.5 Å². The third-order valence-electron chi connectivity index (χ3n) is 5.40. The molecule has 3 rings (SSSR count). The summed E-state index contributed by atoms with van der Waals surface area (Å²) in [7, 11) is 1.55. The largest absolute Gasteiger partial charge is 0.462 e. The van der Waals surface area contributed by atoms with Crippen LogP contribution >= 0.6 is 45.5 Å². The van der Waals surface area contributed by atoms with Crippen molar-refractivity contribution in [2.45, 2.75) is 32.4 Å². The summed E-state index contributed by atoms with van der Waals surface area (Å²) >= 11 is 9.39.